The maximum atomic E-state index is 12.1. The van der Waals surface area contributed by atoms with Crippen molar-refractivity contribution in [3.8, 4) is 0 Å². The number of aromatic nitrogens is 1. The molecule has 0 unspecified atom stereocenters. The Balaban J connectivity index is 1.91. The molecule has 0 N–H and O–H groups in total. The Bertz CT molecular complexity index is 709. The third kappa shape index (κ3) is 4.64. The summed E-state index contributed by atoms with van der Waals surface area (Å²) in [7, 11) is 0. The minimum absolute atomic E-state index is 0.0643. The van der Waals surface area contributed by atoms with Gasteiger partial charge in [-0.2, -0.15) is 0 Å². The van der Waals surface area contributed by atoms with Gasteiger partial charge in [-0.1, -0.05) is 12.1 Å². The molecule has 0 aliphatic heterocycles. The third-order valence-corrected chi connectivity index (χ3v) is 4.41. The fraction of sp³-hybridized carbons (Fsp3) is 0.389. The van der Waals surface area contributed by atoms with E-state index in [1.54, 1.807) is 11.0 Å². The molecule has 2 rings (SSSR count). The SMILES string of the molecule is CC(C)N(C(=O)COC(=O)/C=C/c1nc2ccccc2s1)C(C)C. The monoisotopic (exact) mass is 346 g/mol. The second-order valence-corrected chi connectivity index (χ2v) is 7.01. The number of rotatable bonds is 6. The molecule has 24 heavy (non-hydrogen) atoms. The van der Waals surface area contributed by atoms with Crippen molar-refractivity contribution in [2.45, 2.75) is 39.8 Å². The standard InChI is InChI=1S/C18H22N2O3S/c1-12(2)20(13(3)4)17(21)11-23-18(22)10-9-16-19-14-7-5-6-8-15(14)24-16/h5-10,12-13H,11H2,1-4H3/b10-9+. The topological polar surface area (TPSA) is 59.5 Å². The molecule has 1 heterocycles. The first-order chi connectivity index (χ1) is 11.4. The van der Waals surface area contributed by atoms with Crippen molar-refractivity contribution in [1.82, 2.24) is 9.88 Å². The van der Waals surface area contributed by atoms with Crippen LogP contribution in [0.15, 0.2) is 30.3 Å². The molecule has 0 radical (unpaired) electrons. The summed E-state index contributed by atoms with van der Waals surface area (Å²) in [4.78, 5) is 30.0. The molecule has 5 nitrogen and oxygen atoms in total. The molecule has 128 valence electrons. The van der Waals surface area contributed by atoms with Gasteiger partial charge in [0.05, 0.1) is 10.2 Å². The van der Waals surface area contributed by atoms with Gasteiger partial charge in [0.15, 0.2) is 6.61 Å². The van der Waals surface area contributed by atoms with Gasteiger partial charge < -0.3 is 9.64 Å². The molecule has 2 aromatic rings. The number of para-hydroxylation sites is 1. The number of fused-ring (bicyclic) bond motifs is 1. The van der Waals surface area contributed by atoms with Crippen molar-refractivity contribution < 1.29 is 14.3 Å². The molecular weight excluding hydrogens is 324 g/mol. The molecule has 0 saturated carbocycles. The van der Waals surface area contributed by atoms with Crippen molar-refractivity contribution in [2.75, 3.05) is 6.61 Å². The first-order valence-electron chi connectivity index (χ1n) is 7.90. The first-order valence-corrected chi connectivity index (χ1v) is 8.71. The number of hydrogen-bond donors (Lipinski definition) is 0. The third-order valence-electron chi connectivity index (χ3n) is 3.41. The van der Waals surface area contributed by atoms with E-state index in [0.29, 0.717) is 0 Å². The molecule has 1 amide bonds. The van der Waals surface area contributed by atoms with E-state index in [-0.39, 0.29) is 24.6 Å². The summed E-state index contributed by atoms with van der Waals surface area (Å²) < 4.78 is 6.10. The van der Waals surface area contributed by atoms with Crippen LogP contribution in [0.25, 0.3) is 16.3 Å². The second kappa shape index (κ2) is 8.06. The molecule has 0 spiro atoms. The number of esters is 1. The van der Waals surface area contributed by atoms with E-state index in [2.05, 4.69) is 4.98 Å². The number of ether oxygens (including phenoxy) is 1. The quantitative estimate of drug-likeness (QED) is 0.593. The van der Waals surface area contributed by atoms with Gasteiger partial charge in [-0.05, 0) is 45.9 Å². The Morgan fingerprint density at radius 2 is 1.88 bits per heavy atom. The minimum Gasteiger partial charge on any atom is -0.452 e. The zero-order valence-electron chi connectivity index (χ0n) is 14.4. The number of amides is 1. The van der Waals surface area contributed by atoms with Crippen LogP contribution in [0.1, 0.15) is 32.7 Å². The lowest BCUT2D eigenvalue weighted by Gasteiger charge is -2.30. The fourth-order valence-corrected chi connectivity index (χ4v) is 3.40. The number of nitrogens with zero attached hydrogens (tertiary/aromatic N) is 2. The number of hydrogen-bond acceptors (Lipinski definition) is 5. The van der Waals surface area contributed by atoms with Crippen LogP contribution < -0.4 is 0 Å². The number of thiazole rings is 1. The molecule has 0 aliphatic rings. The van der Waals surface area contributed by atoms with Crippen LogP contribution in [0, 0.1) is 0 Å². The maximum Gasteiger partial charge on any atom is 0.331 e. The summed E-state index contributed by atoms with van der Waals surface area (Å²) in [5.74, 6) is -0.739. The van der Waals surface area contributed by atoms with Crippen molar-refractivity contribution in [3.05, 3.63) is 35.3 Å². The van der Waals surface area contributed by atoms with Crippen LogP contribution in [0.3, 0.4) is 0 Å². The maximum absolute atomic E-state index is 12.1. The van der Waals surface area contributed by atoms with Crippen LogP contribution in [-0.2, 0) is 14.3 Å². The van der Waals surface area contributed by atoms with Gasteiger partial charge in [0.2, 0.25) is 0 Å². The van der Waals surface area contributed by atoms with Crippen molar-refractivity contribution >= 4 is 39.5 Å². The van der Waals surface area contributed by atoms with Crippen molar-refractivity contribution in [3.63, 3.8) is 0 Å². The molecule has 0 bridgehead atoms. The Morgan fingerprint density at radius 1 is 1.21 bits per heavy atom. The van der Waals surface area contributed by atoms with Gasteiger partial charge in [-0.3, -0.25) is 4.79 Å². The fourth-order valence-electron chi connectivity index (χ4n) is 2.53. The Hall–Kier alpha value is -2.21. The molecule has 1 aromatic carbocycles. The van der Waals surface area contributed by atoms with E-state index in [0.717, 1.165) is 15.2 Å². The highest BCUT2D eigenvalue weighted by Crippen LogP contribution is 2.22. The van der Waals surface area contributed by atoms with Crippen LogP contribution >= 0.6 is 11.3 Å². The minimum atomic E-state index is -0.546. The summed E-state index contributed by atoms with van der Waals surface area (Å²) in [6.07, 6.45) is 2.92. The largest absolute Gasteiger partial charge is 0.452 e. The normalized spacial score (nSPS) is 11.6. The second-order valence-electron chi connectivity index (χ2n) is 5.95. The van der Waals surface area contributed by atoms with Gasteiger partial charge in [0, 0.05) is 18.2 Å². The van der Waals surface area contributed by atoms with Crippen molar-refractivity contribution in [1.29, 1.82) is 0 Å². The average Bonchev–Trinajstić information content (AvgIpc) is 2.93. The van der Waals surface area contributed by atoms with Crippen LogP contribution in [0.5, 0.6) is 0 Å². The molecule has 0 aliphatic carbocycles. The number of carbonyl (C=O) groups is 2. The Labute approximate surface area is 145 Å². The van der Waals surface area contributed by atoms with E-state index in [1.807, 2.05) is 52.0 Å². The van der Waals surface area contributed by atoms with Gasteiger partial charge in [-0.25, -0.2) is 9.78 Å². The van der Waals surface area contributed by atoms with E-state index in [9.17, 15) is 9.59 Å². The molecule has 1 aromatic heterocycles. The smallest absolute Gasteiger partial charge is 0.331 e. The summed E-state index contributed by atoms with van der Waals surface area (Å²) in [6.45, 7) is 7.50. The average molecular weight is 346 g/mol. The zero-order valence-corrected chi connectivity index (χ0v) is 15.2. The first kappa shape index (κ1) is 18.1. The number of benzene rings is 1. The van der Waals surface area contributed by atoms with Gasteiger partial charge in [0.25, 0.3) is 5.91 Å². The summed E-state index contributed by atoms with van der Waals surface area (Å²) in [5.41, 5.74) is 0.898. The van der Waals surface area contributed by atoms with E-state index in [4.69, 9.17) is 4.74 Å². The van der Waals surface area contributed by atoms with E-state index < -0.39 is 5.97 Å². The highest BCUT2D eigenvalue weighted by molar-refractivity contribution is 7.19. The summed E-state index contributed by atoms with van der Waals surface area (Å²) in [6, 6.07) is 7.90. The summed E-state index contributed by atoms with van der Waals surface area (Å²) >= 11 is 1.50. The lowest BCUT2D eigenvalue weighted by molar-refractivity contribution is -0.150. The Kier molecular flexibility index (Phi) is 6.09. The van der Waals surface area contributed by atoms with E-state index in [1.165, 1.54) is 17.4 Å². The van der Waals surface area contributed by atoms with Crippen molar-refractivity contribution in [2.24, 2.45) is 0 Å². The van der Waals surface area contributed by atoms with Crippen LogP contribution in [0.2, 0.25) is 0 Å². The predicted molar refractivity (Wildman–Crippen MR) is 96.7 cm³/mol. The van der Waals surface area contributed by atoms with Crippen LogP contribution in [-0.4, -0.2) is 40.5 Å². The molecular formula is C18H22N2O3S. The molecule has 0 atom stereocenters. The lowest BCUT2D eigenvalue weighted by Crippen LogP contribution is -2.44. The zero-order chi connectivity index (χ0) is 17.7. The van der Waals surface area contributed by atoms with Gasteiger partial charge in [0.1, 0.15) is 5.01 Å². The van der Waals surface area contributed by atoms with E-state index >= 15 is 0 Å². The number of carbonyl (C=O) groups excluding carboxylic acids is 2. The highest BCUT2D eigenvalue weighted by Gasteiger charge is 2.20. The molecule has 0 saturated heterocycles. The summed E-state index contributed by atoms with van der Waals surface area (Å²) in [5, 5.41) is 0.727. The molecule has 6 heteroatoms. The molecule has 0 fully saturated rings. The lowest BCUT2D eigenvalue weighted by atomic mass is 10.2. The Morgan fingerprint density at radius 3 is 2.50 bits per heavy atom. The van der Waals surface area contributed by atoms with Gasteiger partial charge in [-0.15, -0.1) is 11.3 Å². The van der Waals surface area contributed by atoms with Gasteiger partial charge >= 0.3 is 5.97 Å². The highest BCUT2D eigenvalue weighted by atomic mass is 32.1. The predicted octanol–water partition coefficient (Wildman–Crippen LogP) is 3.50. The van der Waals surface area contributed by atoms with Crippen LogP contribution in [0.4, 0.5) is 0 Å².